The highest BCUT2D eigenvalue weighted by Crippen LogP contribution is 2.33. The number of amides is 2. The summed E-state index contributed by atoms with van der Waals surface area (Å²) in [6.45, 7) is 1.18. The minimum atomic E-state index is -4.52. The molecule has 2 amide bonds. The van der Waals surface area contributed by atoms with E-state index in [9.17, 15) is 18.0 Å². The first-order valence-electron chi connectivity index (χ1n) is 10.1. The van der Waals surface area contributed by atoms with E-state index in [2.05, 4.69) is 10.3 Å². The molecule has 1 aliphatic rings. The Balaban J connectivity index is 1.41. The van der Waals surface area contributed by atoms with Crippen LogP contribution in [-0.2, 0) is 12.7 Å². The highest BCUT2D eigenvalue weighted by atomic mass is 19.4. The Bertz CT molecular complexity index is 1070. The Morgan fingerprint density at radius 1 is 1.16 bits per heavy atom. The number of rotatable bonds is 4. The fourth-order valence-electron chi connectivity index (χ4n) is 3.96. The fourth-order valence-corrected chi connectivity index (χ4v) is 3.96. The molecule has 0 saturated carbocycles. The summed E-state index contributed by atoms with van der Waals surface area (Å²) >= 11 is 0. The van der Waals surface area contributed by atoms with Gasteiger partial charge in [-0.2, -0.15) is 13.2 Å². The van der Waals surface area contributed by atoms with Crippen LogP contribution in [0.3, 0.4) is 0 Å². The fraction of sp³-hybridized carbons (Fsp3) is 0.364. The summed E-state index contributed by atoms with van der Waals surface area (Å²) in [6.07, 6.45) is -3.28. The third-order valence-electron chi connectivity index (χ3n) is 5.57. The standard InChI is InChI=1S/C22H23F3N4O2/c1-31-17-6-4-5-16(13-17)26-21(30)28-11-9-15(10-12-28)14-29-19-8-3-2-7-18(19)27-20(29)22(23,24)25/h2-8,13,15H,9-12,14H2,1H3,(H,26,30). The number of piperidine rings is 1. The Kier molecular flexibility index (Phi) is 5.75. The average molecular weight is 432 g/mol. The van der Waals surface area contributed by atoms with E-state index >= 15 is 0 Å². The van der Waals surface area contributed by atoms with Crippen LogP contribution in [0.5, 0.6) is 5.75 Å². The summed E-state index contributed by atoms with van der Waals surface area (Å²) in [6, 6.07) is 13.5. The normalized spacial score (nSPS) is 15.3. The Morgan fingerprint density at radius 3 is 2.61 bits per heavy atom. The topological polar surface area (TPSA) is 59.4 Å². The van der Waals surface area contributed by atoms with Crippen molar-refractivity contribution in [3.05, 3.63) is 54.4 Å². The first-order valence-corrected chi connectivity index (χ1v) is 10.1. The zero-order valence-electron chi connectivity index (χ0n) is 17.0. The quantitative estimate of drug-likeness (QED) is 0.631. The van der Waals surface area contributed by atoms with Gasteiger partial charge in [0.25, 0.3) is 0 Å². The summed E-state index contributed by atoms with van der Waals surface area (Å²) in [5.74, 6) is -0.198. The number of methoxy groups -OCH3 is 1. The smallest absolute Gasteiger partial charge is 0.449 e. The molecule has 31 heavy (non-hydrogen) atoms. The van der Waals surface area contributed by atoms with Crippen molar-refractivity contribution in [1.29, 1.82) is 0 Å². The van der Waals surface area contributed by atoms with Crippen LogP contribution >= 0.6 is 0 Å². The molecule has 3 aromatic rings. The molecule has 0 unspecified atom stereocenters. The van der Waals surface area contributed by atoms with Crippen molar-refractivity contribution < 1.29 is 22.7 Å². The maximum atomic E-state index is 13.5. The van der Waals surface area contributed by atoms with E-state index in [1.54, 1.807) is 60.5 Å². The van der Waals surface area contributed by atoms with E-state index in [0.717, 1.165) is 0 Å². The van der Waals surface area contributed by atoms with Crippen LogP contribution in [0.1, 0.15) is 18.7 Å². The number of benzene rings is 2. The van der Waals surface area contributed by atoms with Crippen molar-refractivity contribution in [2.75, 3.05) is 25.5 Å². The molecular weight excluding hydrogens is 409 g/mol. The average Bonchev–Trinajstić information content (AvgIpc) is 3.13. The molecule has 0 bridgehead atoms. The first kappa shape index (κ1) is 21.0. The molecule has 1 aliphatic heterocycles. The van der Waals surface area contributed by atoms with Gasteiger partial charge >= 0.3 is 12.2 Å². The maximum Gasteiger partial charge on any atom is 0.449 e. The van der Waals surface area contributed by atoms with E-state index in [-0.39, 0.29) is 18.5 Å². The summed E-state index contributed by atoms with van der Waals surface area (Å²) in [5, 5.41) is 2.84. The zero-order valence-corrected chi connectivity index (χ0v) is 17.0. The molecule has 164 valence electrons. The lowest BCUT2D eigenvalue weighted by molar-refractivity contribution is -0.147. The van der Waals surface area contributed by atoms with Crippen LogP contribution in [0.2, 0.25) is 0 Å². The second-order valence-electron chi connectivity index (χ2n) is 7.63. The maximum absolute atomic E-state index is 13.5. The van der Waals surface area contributed by atoms with E-state index in [4.69, 9.17) is 4.74 Å². The number of nitrogens with zero attached hydrogens (tertiary/aromatic N) is 3. The molecule has 9 heteroatoms. The molecule has 0 spiro atoms. The number of para-hydroxylation sites is 2. The molecule has 1 saturated heterocycles. The van der Waals surface area contributed by atoms with Crippen molar-refractivity contribution in [3.63, 3.8) is 0 Å². The highest BCUT2D eigenvalue weighted by molar-refractivity contribution is 5.89. The predicted molar refractivity (Wildman–Crippen MR) is 111 cm³/mol. The minimum absolute atomic E-state index is 0.0274. The van der Waals surface area contributed by atoms with Crippen molar-refractivity contribution in [2.45, 2.75) is 25.6 Å². The van der Waals surface area contributed by atoms with Gasteiger partial charge in [-0.05, 0) is 43.0 Å². The molecule has 2 heterocycles. The first-order chi connectivity index (χ1) is 14.8. The molecule has 0 aliphatic carbocycles. The van der Waals surface area contributed by atoms with Gasteiger partial charge in [-0.25, -0.2) is 9.78 Å². The summed E-state index contributed by atoms with van der Waals surface area (Å²) in [7, 11) is 1.55. The number of halogens is 3. The second kappa shape index (κ2) is 8.49. The lowest BCUT2D eigenvalue weighted by Gasteiger charge is -2.32. The number of hydrogen-bond donors (Lipinski definition) is 1. The van der Waals surface area contributed by atoms with Gasteiger partial charge in [0.05, 0.1) is 18.1 Å². The van der Waals surface area contributed by atoms with Crippen molar-refractivity contribution in [1.82, 2.24) is 14.5 Å². The van der Waals surface area contributed by atoms with Crippen LogP contribution in [0.4, 0.5) is 23.7 Å². The number of imidazole rings is 1. The molecule has 4 rings (SSSR count). The second-order valence-corrected chi connectivity index (χ2v) is 7.63. The van der Waals surface area contributed by atoms with Crippen molar-refractivity contribution >= 4 is 22.8 Å². The largest absolute Gasteiger partial charge is 0.497 e. The predicted octanol–water partition coefficient (Wildman–Crippen LogP) is 5.01. The number of urea groups is 1. The number of likely N-dealkylation sites (tertiary alicyclic amines) is 1. The van der Waals surface area contributed by atoms with Gasteiger partial charge in [0.15, 0.2) is 0 Å². The molecule has 0 atom stereocenters. The van der Waals surface area contributed by atoms with Crippen molar-refractivity contribution in [2.24, 2.45) is 5.92 Å². The van der Waals surface area contributed by atoms with Gasteiger partial charge in [-0.3, -0.25) is 0 Å². The molecule has 2 aromatic carbocycles. The van der Waals surface area contributed by atoms with E-state index in [1.165, 1.54) is 4.57 Å². The van der Waals surface area contributed by atoms with Gasteiger partial charge in [0.1, 0.15) is 5.75 Å². The molecule has 1 aromatic heterocycles. The van der Waals surface area contributed by atoms with Crippen LogP contribution in [0, 0.1) is 5.92 Å². The monoisotopic (exact) mass is 432 g/mol. The van der Waals surface area contributed by atoms with Gasteiger partial charge < -0.3 is 19.5 Å². The van der Waals surface area contributed by atoms with Gasteiger partial charge in [0.2, 0.25) is 5.82 Å². The minimum Gasteiger partial charge on any atom is -0.497 e. The van der Waals surface area contributed by atoms with Crippen molar-refractivity contribution in [3.8, 4) is 5.75 Å². The number of carbonyl (C=O) groups excluding carboxylic acids is 1. The van der Waals surface area contributed by atoms with E-state index in [0.29, 0.717) is 48.4 Å². The van der Waals surface area contributed by atoms with Gasteiger partial charge in [-0.1, -0.05) is 18.2 Å². The zero-order chi connectivity index (χ0) is 22.0. The number of fused-ring (bicyclic) bond motifs is 1. The number of aromatic nitrogens is 2. The van der Waals surface area contributed by atoms with Crippen LogP contribution < -0.4 is 10.1 Å². The number of nitrogens with one attached hydrogen (secondary N) is 1. The number of hydrogen-bond acceptors (Lipinski definition) is 3. The van der Waals surface area contributed by atoms with Gasteiger partial charge in [-0.15, -0.1) is 0 Å². The highest BCUT2D eigenvalue weighted by Gasteiger charge is 2.38. The number of alkyl halides is 3. The number of anilines is 1. The van der Waals surface area contributed by atoms with Crippen LogP contribution in [-0.4, -0.2) is 40.7 Å². The number of carbonyl (C=O) groups is 1. The third-order valence-corrected chi connectivity index (χ3v) is 5.57. The Hall–Kier alpha value is -3.23. The number of ether oxygens (including phenoxy) is 1. The summed E-state index contributed by atoms with van der Waals surface area (Å²) in [5.41, 5.74) is 1.45. The van der Waals surface area contributed by atoms with E-state index in [1.807, 2.05) is 0 Å². The lowest BCUT2D eigenvalue weighted by atomic mass is 9.96. The molecular formula is C22H23F3N4O2. The Morgan fingerprint density at radius 2 is 1.90 bits per heavy atom. The van der Waals surface area contributed by atoms with Gasteiger partial charge in [0, 0.05) is 31.4 Å². The Labute approximate surface area is 177 Å². The molecule has 1 fully saturated rings. The SMILES string of the molecule is COc1cccc(NC(=O)N2CCC(Cn3c(C(F)(F)F)nc4ccccc43)CC2)c1. The summed E-state index contributed by atoms with van der Waals surface area (Å²) in [4.78, 5) is 18.1. The summed E-state index contributed by atoms with van der Waals surface area (Å²) < 4.78 is 47.0. The third kappa shape index (κ3) is 4.60. The molecule has 6 nitrogen and oxygen atoms in total. The lowest BCUT2D eigenvalue weighted by Crippen LogP contribution is -2.41. The van der Waals surface area contributed by atoms with Crippen LogP contribution in [0.15, 0.2) is 48.5 Å². The van der Waals surface area contributed by atoms with E-state index < -0.39 is 12.0 Å². The molecule has 0 radical (unpaired) electrons. The van der Waals surface area contributed by atoms with Crippen LogP contribution in [0.25, 0.3) is 11.0 Å². The molecule has 1 N–H and O–H groups in total.